The Hall–Kier alpha value is -5.43. The summed E-state index contributed by atoms with van der Waals surface area (Å²) < 4.78 is 25.3. The molecule has 0 fully saturated rings. The van der Waals surface area contributed by atoms with Crippen molar-refractivity contribution in [1.82, 2.24) is 10.2 Å². The first-order valence-corrected chi connectivity index (χ1v) is 20.5. The van der Waals surface area contributed by atoms with Gasteiger partial charge in [0, 0.05) is 33.2 Å². The largest absolute Gasteiger partial charge is 0.481 e. The monoisotopic (exact) mass is 844 g/mol. The van der Waals surface area contributed by atoms with Crippen molar-refractivity contribution in [3.8, 4) is 17.6 Å². The number of allylic oxidation sites excluding steroid dienone is 1. The van der Waals surface area contributed by atoms with Gasteiger partial charge in [-0.05, 0) is 57.2 Å². The maximum Gasteiger partial charge on any atom is 0.413 e. The van der Waals surface area contributed by atoms with Gasteiger partial charge >= 0.3 is 30.0 Å². The van der Waals surface area contributed by atoms with Crippen molar-refractivity contribution < 1.29 is 67.5 Å². The third kappa shape index (κ3) is 21.0. The topological polar surface area (TPSA) is 221 Å². The fraction of sp³-hybridized carbons (Fsp3) is 0.614. The second kappa shape index (κ2) is 29.7. The summed E-state index contributed by atoms with van der Waals surface area (Å²) in [7, 11) is 2.35. The van der Waals surface area contributed by atoms with Gasteiger partial charge in [-0.15, -0.1) is 5.92 Å². The van der Waals surface area contributed by atoms with E-state index < -0.39 is 72.7 Å². The van der Waals surface area contributed by atoms with E-state index in [1.54, 1.807) is 38.1 Å². The van der Waals surface area contributed by atoms with E-state index in [4.69, 9.17) is 23.7 Å². The Morgan fingerprint density at radius 2 is 1.53 bits per heavy atom. The van der Waals surface area contributed by atoms with Crippen molar-refractivity contribution in [2.24, 2.45) is 5.92 Å². The van der Waals surface area contributed by atoms with Gasteiger partial charge in [-0.2, -0.15) is 0 Å². The number of likely N-dealkylation sites (N-methyl/N-ethyl adjacent to an activating group) is 1. The lowest BCUT2D eigenvalue weighted by atomic mass is 9.82. The van der Waals surface area contributed by atoms with Crippen molar-refractivity contribution in [1.29, 1.82) is 0 Å². The molecule has 334 valence electrons. The zero-order valence-corrected chi connectivity index (χ0v) is 36.0. The summed E-state index contributed by atoms with van der Waals surface area (Å²) in [4.78, 5) is 89.9. The van der Waals surface area contributed by atoms with Crippen LogP contribution in [-0.2, 0) is 54.1 Å². The van der Waals surface area contributed by atoms with Crippen LogP contribution in [0.2, 0.25) is 0 Å². The molecule has 0 aromatic heterocycles. The van der Waals surface area contributed by atoms with Gasteiger partial charge in [0.05, 0.1) is 26.1 Å². The number of carboxylic acids is 1. The number of unbranched alkanes of at least 4 members (excludes halogenated alkanes) is 8. The Bertz CT molecular complexity index is 1620. The summed E-state index contributed by atoms with van der Waals surface area (Å²) in [5.41, 5.74) is -2.53. The fourth-order valence-electron chi connectivity index (χ4n) is 5.92. The van der Waals surface area contributed by atoms with Crippen LogP contribution in [0.1, 0.15) is 117 Å². The minimum atomic E-state index is -3.11. The Balaban J connectivity index is 3.17. The SMILES string of the molecule is CC#CCOc1ccc(C[C@H](NC(=O)[C@@H](/C=C/CCCCCCC(=O)CCCCCCC)C(O)(CC(=O)O[C@H](C)OC(=O)N(C)CC(=O)OCC)C(=O)O)C(=O)OC)cc1. The number of esters is 3. The van der Waals surface area contributed by atoms with E-state index in [1.165, 1.54) is 19.5 Å². The number of carboxylic acid groups (broad SMARTS) is 1. The maximum atomic E-state index is 13.9. The van der Waals surface area contributed by atoms with Crippen molar-refractivity contribution in [3.63, 3.8) is 0 Å². The van der Waals surface area contributed by atoms with E-state index in [1.807, 2.05) is 0 Å². The van der Waals surface area contributed by atoms with Crippen LogP contribution in [0.5, 0.6) is 5.75 Å². The van der Waals surface area contributed by atoms with Gasteiger partial charge in [0.25, 0.3) is 0 Å². The minimum Gasteiger partial charge on any atom is -0.481 e. The molecule has 1 aromatic rings. The molecule has 4 atom stereocenters. The summed E-state index contributed by atoms with van der Waals surface area (Å²) in [6.45, 7) is 6.36. The quantitative estimate of drug-likeness (QED) is 0.0219. The summed E-state index contributed by atoms with van der Waals surface area (Å²) in [6.07, 6.45) is 8.36. The smallest absolute Gasteiger partial charge is 0.413 e. The van der Waals surface area contributed by atoms with E-state index in [0.29, 0.717) is 37.0 Å². The molecule has 60 heavy (non-hydrogen) atoms. The third-order valence-electron chi connectivity index (χ3n) is 9.25. The van der Waals surface area contributed by atoms with Crippen LogP contribution in [0.15, 0.2) is 36.4 Å². The zero-order chi connectivity index (χ0) is 44.9. The number of ketones is 1. The highest BCUT2D eigenvalue weighted by molar-refractivity contribution is 5.95. The number of benzene rings is 1. The second-order valence-corrected chi connectivity index (χ2v) is 14.2. The minimum absolute atomic E-state index is 0.0852. The molecule has 0 heterocycles. The molecule has 1 rings (SSSR count). The number of amides is 2. The van der Waals surface area contributed by atoms with E-state index in [0.717, 1.165) is 70.0 Å². The Kier molecular flexibility index (Phi) is 26.1. The number of nitrogens with zero attached hydrogens (tertiary/aromatic N) is 1. The molecule has 0 saturated carbocycles. The molecule has 1 aromatic carbocycles. The molecule has 0 aliphatic carbocycles. The number of rotatable bonds is 30. The van der Waals surface area contributed by atoms with E-state index in [-0.39, 0.29) is 25.4 Å². The Morgan fingerprint density at radius 1 is 0.900 bits per heavy atom. The van der Waals surface area contributed by atoms with Crippen LogP contribution in [0.25, 0.3) is 0 Å². The lowest BCUT2D eigenvalue weighted by Crippen LogP contribution is -2.55. The number of Topliss-reactive ketones (excluding diaryl/α,β-unsaturated/α-hetero) is 1. The van der Waals surface area contributed by atoms with Gasteiger partial charge in [-0.3, -0.25) is 19.2 Å². The van der Waals surface area contributed by atoms with Gasteiger partial charge in [0.2, 0.25) is 12.2 Å². The average molecular weight is 845 g/mol. The number of hydrogen-bond acceptors (Lipinski definition) is 13. The highest BCUT2D eigenvalue weighted by Crippen LogP contribution is 2.27. The van der Waals surface area contributed by atoms with Crippen molar-refractivity contribution >= 4 is 41.7 Å². The summed E-state index contributed by atoms with van der Waals surface area (Å²) in [5.74, 6) is -1.65. The number of aliphatic carboxylic acids is 1. The van der Waals surface area contributed by atoms with Gasteiger partial charge in [-0.1, -0.05) is 75.7 Å². The van der Waals surface area contributed by atoms with E-state index in [2.05, 4.69) is 24.1 Å². The molecule has 2 amide bonds. The molecule has 16 nitrogen and oxygen atoms in total. The van der Waals surface area contributed by atoms with Crippen LogP contribution in [0.3, 0.4) is 0 Å². The highest BCUT2D eigenvalue weighted by atomic mass is 16.7. The van der Waals surface area contributed by atoms with Crippen molar-refractivity contribution in [3.05, 3.63) is 42.0 Å². The molecule has 1 unspecified atom stereocenters. The van der Waals surface area contributed by atoms with Crippen LogP contribution >= 0.6 is 0 Å². The molecular formula is C44H64N2O14. The van der Waals surface area contributed by atoms with Crippen LogP contribution in [0, 0.1) is 17.8 Å². The number of aliphatic hydroxyl groups is 1. The summed E-state index contributed by atoms with van der Waals surface area (Å²) in [6, 6.07) is 5.27. The summed E-state index contributed by atoms with van der Waals surface area (Å²) in [5, 5.41) is 24.4. The fourth-order valence-corrected chi connectivity index (χ4v) is 5.92. The molecule has 0 aliphatic rings. The van der Waals surface area contributed by atoms with Crippen LogP contribution < -0.4 is 10.1 Å². The van der Waals surface area contributed by atoms with Crippen LogP contribution in [-0.4, -0.2) is 109 Å². The molecular weight excluding hydrogens is 780 g/mol. The van der Waals surface area contributed by atoms with Gasteiger partial charge < -0.3 is 44.1 Å². The predicted molar refractivity (Wildman–Crippen MR) is 220 cm³/mol. The number of nitrogens with one attached hydrogen (secondary N) is 1. The Morgan fingerprint density at radius 3 is 2.12 bits per heavy atom. The molecule has 0 spiro atoms. The molecule has 16 heteroatoms. The zero-order valence-electron chi connectivity index (χ0n) is 36.0. The number of carbonyl (C=O) groups excluding carboxylic acids is 6. The van der Waals surface area contributed by atoms with Crippen molar-refractivity contribution in [2.75, 3.05) is 33.9 Å². The first-order valence-electron chi connectivity index (χ1n) is 20.5. The average Bonchev–Trinajstić information content (AvgIpc) is 3.19. The number of ether oxygens (including phenoxy) is 5. The Labute approximate surface area is 353 Å². The van der Waals surface area contributed by atoms with Gasteiger partial charge in [0.15, 0.2) is 5.60 Å². The predicted octanol–water partition coefficient (Wildman–Crippen LogP) is 5.46. The van der Waals surface area contributed by atoms with Crippen molar-refractivity contribution in [2.45, 2.75) is 136 Å². The first kappa shape index (κ1) is 52.6. The van der Waals surface area contributed by atoms with E-state index in [9.17, 15) is 43.8 Å². The molecule has 0 saturated heterocycles. The van der Waals surface area contributed by atoms with E-state index >= 15 is 0 Å². The normalized spacial score (nSPS) is 13.3. The molecule has 0 bridgehead atoms. The van der Waals surface area contributed by atoms with Gasteiger partial charge in [0.1, 0.15) is 30.7 Å². The standard InChI is InChI=1S/C44H64N2O14/c1-7-10-12-15-18-21-34(47)22-19-16-13-14-17-20-23-36(40(50)45-37(41(51)56-6)29-33-24-26-35(27-25-33)58-28-11-8-2)44(55,42(52)53)30-38(48)59-32(4)60-43(54)46(5)31-39(49)57-9-3/h20,23-27,32,36-37,55H,7,9-10,12-19,21-22,28-31H2,1-6H3,(H,45,50)(H,52,53)/b23-20+/t32-,36+,37-,44?/m0/s1. The molecule has 0 radical (unpaired) electrons. The van der Waals surface area contributed by atoms with Crippen LogP contribution in [0.4, 0.5) is 4.79 Å². The first-order chi connectivity index (χ1) is 28.6. The lowest BCUT2D eigenvalue weighted by molar-refractivity contribution is -0.183. The lowest BCUT2D eigenvalue weighted by Gasteiger charge is -2.30. The third-order valence-corrected chi connectivity index (χ3v) is 9.25. The van der Waals surface area contributed by atoms with Gasteiger partial charge in [-0.25, -0.2) is 14.4 Å². The second-order valence-electron chi connectivity index (χ2n) is 14.2. The number of methoxy groups -OCH3 is 1. The highest BCUT2D eigenvalue weighted by Gasteiger charge is 2.50. The molecule has 0 aliphatic heterocycles. The number of hydrogen-bond donors (Lipinski definition) is 3. The maximum absolute atomic E-state index is 13.9. The molecule has 3 N–H and O–H groups in total. The summed E-state index contributed by atoms with van der Waals surface area (Å²) >= 11 is 0. The number of carbonyl (C=O) groups is 7.